The van der Waals surface area contributed by atoms with E-state index in [1.165, 1.54) is 13.2 Å². The van der Waals surface area contributed by atoms with E-state index in [0.29, 0.717) is 17.2 Å². The van der Waals surface area contributed by atoms with Gasteiger partial charge in [0.05, 0.1) is 14.2 Å². The molecule has 0 aliphatic rings. The van der Waals surface area contributed by atoms with Crippen molar-refractivity contribution in [1.29, 1.82) is 0 Å². The zero-order valence-corrected chi connectivity index (χ0v) is 10.5. The molecule has 1 heterocycles. The highest BCUT2D eigenvalue weighted by Gasteiger charge is 2.13. The van der Waals surface area contributed by atoms with Gasteiger partial charge < -0.3 is 14.0 Å². The molecule has 1 aromatic heterocycles. The van der Waals surface area contributed by atoms with Crippen molar-refractivity contribution in [1.82, 2.24) is 5.16 Å². The van der Waals surface area contributed by atoms with E-state index >= 15 is 0 Å². The van der Waals surface area contributed by atoms with Gasteiger partial charge in [-0.05, 0) is 29.8 Å². The highest BCUT2D eigenvalue weighted by atomic mass is 35.5. The number of aromatic nitrogens is 1. The molecule has 0 atom stereocenters. The smallest absolute Gasteiger partial charge is 0.290 e. The molecule has 0 aliphatic carbocycles. The fourth-order valence-electron chi connectivity index (χ4n) is 1.50. The van der Waals surface area contributed by atoms with Gasteiger partial charge in [-0.25, -0.2) is 0 Å². The van der Waals surface area contributed by atoms with Gasteiger partial charge in [-0.15, -0.1) is 0 Å². The van der Waals surface area contributed by atoms with Crippen LogP contribution in [0.5, 0.6) is 11.5 Å². The van der Waals surface area contributed by atoms with Crippen LogP contribution < -0.4 is 9.47 Å². The van der Waals surface area contributed by atoms with Gasteiger partial charge in [0, 0.05) is 11.6 Å². The van der Waals surface area contributed by atoms with Gasteiger partial charge in [0.25, 0.3) is 5.24 Å². The molecule has 0 unspecified atom stereocenters. The van der Waals surface area contributed by atoms with Crippen molar-refractivity contribution >= 4 is 16.8 Å². The first-order chi connectivity index (χ1) is 8.65. The number of nitrogens with zero attached hydrogens (tertiary/aromatic N) is 1. The molecule has 0 saturated carbocycles. The van der Waals surface area contributed by atoms with Crippen molar-refractivity contribution in [3.63, 3.8) is 0 Å². The van der Waals surface area contributed by atoms with Crippen LogP contribution >= 0.6 is 11.6 Å². The molecule has 0 saturated heterocycles. The van der Waals surface area contributed by atoms with E-state index < -0.39 is 5.24 Å². The van der Waals surface area contributed by atoms with Crippen molar-refractivity contribution < 1.29 is 18.8 Å². The highest BCUT2D eigenvalue weighted by Crippen LogP contribution is 2.32. The van der Waals surface area contributed by atoms with E-state index in [-0.39, 0.29) is 5.76 Å². The predicted molar refractivity (Wildman–Crippen MR) is 65.2 cm³/mol. The van der Waals surface area contributed by atoms with Crippen LogP contribution in [0.15, 0.2) is 28.8 Å². The Morgan fingerprint density at radius 1 is 1.22 bits per heavy atom. The largest absolute Gasteiger partial charge is 0.493 e. The Labute approximate surface area is 108 Å². The minimum Gasteiger partial charge on any atom is -0.493 e. The molecule has 1 aromatic carbocycles. The average Bonchev–Trinajstić information content (AvgIpc) is 2.87. The second kappa shape index (κ2) is 5.10. The van der Waals surface area contributed by atoms with Crippen LogP contribution in [-0.2, 0) is 0 Å². The van der Waals surface area contributed by atoms with Crippen LogP contribution in [0, 0.1) is 0 Å². The summed E-state index contributed by atoms with van der Waals surface area (Å²) in [7, 11) is 3.09. The van der Waals surface area contributed by atoms with Gasteiger partial charge in [-0.3, -0.25) is 4.79 Å². The molecule has 0 aliphatic heterocycles. The topological polar surface area (TPSA) is 61.6 Å². The summed E-state index contributed by atoms with van der Waals surface area (Å²) >= 11 is 5.29. The first-order valence-electron chi connectivity index (χ1n) is 5.04. The molecule has 6 heteroatoms. The highest BCUT2D eigenvalue weighted by molar-refractivity contribution is 6.67. The van der Waals surface area contributed by atoms with Gasteiger partial charge in [0.1, 0.15) is 5.69 Å². The Kier molecular flexibility index (Phi) is 3.53. The van der Waals surface area contributed by atoms with Crippen molar-refractivity contribution in [3.8, 4) is 22.8 Å². The molecule has 0 spiro atoms. The van der Waals surface area contributed by atoms with Crippen molar-refractivity contribution in [2.24, 2.45) is 0 Å². The standard InChI is InChI=1S/C12H10ClNO4/c1-16-9-4-3-7(5-10(9)17-2)8-6-11(12(13)15)18-14-8/h3-6H,1-2H3. The Morgan fingerprint density at radius 3 is 2.50 bits per heavy atom. The third kappa shape index (κ3) is 2.31. The second-order valence-electron chi connectivity index (χ2n) is 3.42. The number of hydrogen-bond acceptors (Lipinski definition) is 5. The Hall–Kier alpha value is -2.01. The first kappa shape index (κ1) is 12.4. The Morgan fingerprint density at radius 2 is 1.94 bits per heavy atom. The molecule has 0 bridgehead atoms. The molecule has 0 fully saturated rings. The van der Waals surface area contributed by atoms with E-state index in [0.717, 1.165) is 5.56 Å². The lowest BCUT2D eigenvalue weighted by Gasteiger charge is -2.07. The van der Waals surface area contributed by atoms with Gasteiger partial charge in [0.15, 0.2) is 11.5 Å². The lowest BCUT2D eigenvalue weighted by molar-refractivity contribution is 0.104. The summed E-state index contributed by atoms with van der Waals surface area (Å²) in [6, 6.07) is 6.72. The monoisotopic (exact) mass is 267 g/mol. The van der Waals surface area contributed by atoms with Crippen molar-refractivity contribution in [3.05, 3.63) is 30.0 Å². The van der Waals surface area contributed by atoms with E-state index in [1.54, 1.807) is 25.3 Å². The summed E-state index contributed by atoms with van der Waals surface area (Å²) in [4.78, 5) is 10.9. The van der Waals surface area contributed by atoms with Crippen LogP contribution in [0.1, 0.15) is 10.6 Å². The van der Waals surface area contributed by atoms with Crippen molar-refractivity contribution in [2.75, 3.05) is 14.2 Å². The molecule has 5 nitrogen and oxygen atoms in total. The summed E-state index contributed by atoms with van der Waals surface area (Å²) < 4.78 is 15.1. The Balaban J connectivity index is 2.41. The lowest BCUT2D eigenvalue weighted by atomic mass is 10.1. The lowest BCUT2D eigenvalue weighted by Crippen LogP contribution is -1.90. The van der Waals surface area contributed by atoms with Gasteiger partial charge >= 0.3 is 0 Å². The fraction of sp³-hybridized carbons (Fsp3) is 0.167. The SMILES string of the molecule is COc1ccc(-c2cc(C(=O)Cl)on2)cc1OC. The van der Waals surface area contributed by atoms with Gasteiger partial charge in [-0.1, -0.05) is 5.16 Å². The number of carbonyl (C=O) groups is 1. The third-order valence-corrected chi connectivity index (χ3v) is 2.57. The van der Waals surface area contributed by atoms with Crippen LogP contribution in [-0.4, -0.2) is 24.6 Å². The molecule has 18 heavy (non-hydrogen) atoms. The summed E-state index contributed by atoms with van der Waals surface area (Å²) in [6.07, 6.45) is 0. The maximum atomic E-state index is 10.9. The van der Waals surface area contributed by atoms with Gasteiger partial charge in [0.2, 0.25) is 5.76 Å². The molecule has 2 rings (SSSR count). The van der Waals surface area contributed by atoms with Crippen LogP contribution in [0.25, 0.3) is 11.3 Å². The van der Waals surface area contributed by atoms with Crippen LogP contribution in [0.2, 0.25) is 0 Å². The normalized spacial score (nSPS) is 10.2. The molecular formula is C12H10ClNO4. The quantitative estimate of drug-likeness (QED) is 0.797. The van der Waals surface area contributed by atoms with Crippen LogP contribution in [0.3, 0.4) is 0 Å². The summed E-state index contributed by atoms with van der Waals surface area (Å²) in [5.41, 5.74) is 1.24. The summed E-state index contributed by atoms with van der Waals surface area (Å²) in [5.74, 6) is 1.18. The van der Waals surface area contributed by atoms with Gasteiger partial charge in [-0.2, -0.15) is 0 Å². The first-order valence-corrected chi connectivity index (χ1v) is 5.42. The fourth-order valence-corrected chi connectivity index (χ4v) is 1.59. The molecule has 0 radical (unpaired) electrons. The summed E-state index contributed by atoms with van der Waals surface area (Å²) in [6.45, 7) is 0. The van der Waals surface area contributed by atoms with E-state index in [9.17, 15) is 4.79 Å². The summed E-state index contributed by atoms with van der Waals surface area (Å²) in [5, 5.41) is 3.08. The number of halogens is 1. The number of methoxy groups -OCH3 is 2. The molecule has 94 valence electrons. The third-order valence-electron chi connectivity index (χ3n) is 2.38. The zero-order chi connectivity index (χ0) is 13.1. The van der Waals surface area contributed by atoms with Crippen molar-refractivity contribution in [2.45, 2.75) is 0 Å². The van der Waals surface area contributed by atoms with E-state index in [4.69, 9.17) is 25.6 Å². The second-order valence-corrected chi connectivity index (χ2v) is 3.76. The number of benzene rings is 1. The number of carbonyl (C=O) groups excluding carboxylic acids is 1. The number of hydrogen-bond donors (Lipinski definition) is 0. The molecule has 0 amide bonds. The maximum Gasteiger partial charge on any atom is 0.290 e. The van der Waals surface area contributed by atoms with E-state index in [2.05, 4.69) is 5.16 Å². The minimum absolute atomic E-state index is 0.00134. The number of rotatable bonds is 4. The zero-order valence-electron chi connectivity index (χ0n) is 9.77. The molecule has 2 aromatic rings. The molecule has 0 N–H and O–H groups in total. The number of ether oxygens (including phenoxy) is 2. The minimum atomic E-state index is -0.686. The van der Waals surface area contributed by atoms with E-state index in [1.807, 2.05) is 0 Å². The molecular weight excluding hydrogens is 258 g/mol. The average molecular weight is 268 g/mol. The Bertz CT molecular complexity index is 579. The predicted octanol–water partition coefficient (Wildman–Crippen LogP) is 2.74. The van der Waals surface area contributed by atoms with Crippen LogP contribution in [0.4, 0.5) is 0 Å². The maximum absolute atomic E-state index is 10.9.